The maximum absolute atomic E-state index is 13.1. The van der Waals surface area contributed by atoms with E-state index < -0.39 is 0 Å². The number of carbonyl (C=O) groups excluding carboxylic acids is 1. The van der Waals surface area contributed by atoms with Gasteiger partial charge >= 0.3 is 0 Å². The van der Waals surface area contributed by atoms with Crippen molar-refractivity contribution in [2.24, 2.45) is 18.9 Å². The quantitative estimate of drug-likeness (QED) is 0.808. The van der Waals surface area contributed by atoms with E-state index in [0.29, 0.717) is 12.0 Å². The normalized spacial score (nSPS) is 27.2. The molecule has 5 nitrogen and oxygen atoms in total. The van der Waals surface area contributed by atoms with Crippen molar-refractivity contribution in [1.29, 1.82) is 0 Å². The van der Waals surface area contributed by atoms with Gasteiger partial charge < -0.3 is 10.6 Å². The van der Waals surface area contributed by atoms with Crippen LogP contribution in [0.25, 0.3) is 0 Å². The van der Waals surface area contributed by atoms with Crippen LogP contribution in [0.2, 0.25) is 0 Å². The third kappa shape index (κ3) is 4.76. The van der Waals surface area contributed by atoms with Gasteiger partial charge in [0.1, 0.15) is 0 Å². The molecule has 1 aromatic carbocycles. The van der Waals surface area contributed by atoms with Gasteiger partial charge in [-0.25, -0.2) is 0 Å². The maximum atomic E-state index is 13.1. The molecule has 2 aliphatic rings. The highest BCUT2D eigenvalue weighted by atomic mass is 35.5. The summed E-state index contributed by atoms with van der Waals surface area (Å²) in [6, 6.07) is 11.0. The minimum Gasteiger partial charge on any atom is -0.353 e. The molecular weight excluding hydrogens is 372 g/mol. The molecule has 2 aromatic rings. The van der Waals surface area contributed by atoms with Crippen molar-refractivity contribution in [3.05, 3.63) is 53.9 Å². The Labute approximate surface area is 173 Å². The number of carbonyl (C=O) groups is 1. The van der Waals surface area contributed by atoms with Crippen molar-refractivity contribution in [3.8, 4) is 0 Å². The zero-order chi connectivity index (χ0) is 18.6. The van der Waals surface area contributed by atoms with Crippen molar-refractivity contribution < 1.29 is 4.79 Å². The minimum atomic E-state index is -0.00602. The van der Waals surface area contributed by atoms with Crippen LogP contribution in [0.15, 0.2) is 42.7 Å². The summed E-state index contributed by atoms with van der Waals surface area (Å²) < 4.78 is 1.82. The molecule has 2 N–H and O–H groups in total. The molecule has 1 aliphatic heterocycles. The predicted molar refractivity (Wildman–Crippen MR) is 114 cm³/mol. The number of halogens is 1. The number of hydrogen-bond acceptors (Lipinski definition) is 3. The summed E-state index contributed by atoms with van der Waals surface area (Å²) in [6.07, 6.45) is 9.78. The van der Waals surface area contributed by atoms with Gasteiger partial charge in [0.2, 0.25) is 5.91 Å². The van der Waals surface area contributed by atoms with Gasteiger partial charge in [0.25, 0.3) is 0 Å². The van der Waals surface area contributed by atoms with E-state index in [9.17, 15) is 4.79 Å². The maximum Gasteiger partial charge on any atom is 0.225 e. The zero-order valence-electron chi connectivity index (χ0n) is 16.5. The predicted octanol–water partition coefficient (Wildman–Crippen LogP) is 3.06. The fourth-order valence-corrected chi connectivity index (χ4v) is 4.78. The van der Waals surface area contributed by atoms with E-state index in [4.69, 9.17) is 0 Å². The Morgan fingerprint density at radius 2 is 2.00 bits per heavy atom. The Balaban J connectivity index is 0.00000225. The van der Waals surface area contributed by atoms with Crippen LogP contribution in [0, 0.1) is 11.8 Å². The SMILES string of the molecule is Cl.Cn1cc([C@H]2CNC[C@@H]2C(=O)NC2CCCCC2Cc2ccccc2)cn1. The minimum absolute atomic E-state index is 0. The van der Waals surface area contributed by atoms with Crippen LogP contribution in [-0.4, -0.2) is 34.8 Å². The molecule has 2 heterocycles. The average Bonchev–Trinajstić information content (AvgIpc) is 3.33. The molecule has 1 aromatic heterocycles. The Morgan fingerprint density at radius 1 is 1.21 bits per heavy atom. The van der Waals surface area contributed by atoms with Crippen LogP contribution >= 0.6 is 12.4 Å². The number of rotatable bonds is 5. The van der Waals surface area contributed by atoms with Crippen LogP contribution in [0.1, 0.15) is 42.7 Å². The molecule has 2 fully saturated rings. The average molecular weight is 403 g/mol. The second-order valence-electron chi connectivity index (χ2n) is 8.17. The fourth-order valence-electron chi connectivity index (χ4n) is 4.78. The molecule has 1 saturated carbocycles. The largest absolute Gasteiger partial charge is 0.353 e. The molecule has 0 bridgehead atoms. The smallest absolute Gasteiger partial charge is 0.225 e. The van der Waals surface area contributed by atoms with Crippen molar-refractivity contribution >= 4 is 18.3 Å². The van der Waals surface area contributed by atoms with Crippen LogP contribution in [0.3, 0.4) is 0 Å². The Kier molecular flexibility index (Phi) is 7.13. The number of aromatic nitrogens is 2. The van der Waals surface area contributed by atoms with E-state index in [1.165, 1.54) is 24.8 Å². The highest BCUT2D eigenvalue weighted by Gasteiger charge is 2.36. The lowest BCUT2D eigenvalue weighted by atomic mass is 9.80. The van der Waals surface area contributed by atoms with Crippen LogP contribution in [-0.2, 0) is 18.3 Å². The van der Waals surface area contributed by atoms with Crippen molar-refractivity contribution in [2.45, 2.75) is 44.1 Å². The topological polar surface area (TPSA) is 59.0 Å². The second kappa shape index (κ2) is 9.57. The summed E-state index contributed by atoms with van der Waals surface area (Å²) in [6.45, 7) is 1.60. The van der Waals surface area contributed by atoms with E-state index in [0.717, 1.165) is 31.5 Å². The van der Waals surface area contributed by atoms with E-state index in [-0.39, 0.29) is 30.2 Å². The van der Waals surface area contributed by atoms with Gasteiger partial charge in [-0.15, -0.1) is 12.4 Å². The molecule has 2 unspecified atom stereocenters. The standard InChI is InChI=1S/C22H30N4O.ClH/c1-26-15-18(12-24-26)19-13-23-14-20(19)22(27)25-21-10-6-5-9-17(21)11-16-7-3-2-4-8-16;/h2-4,7-8,12,15,17,19-21,23H,5-6,9-11,13-14H2,1H3,(H,25,27);1H/t17?,19-,20+,21?;/m1./s1. The van der Waals surface area contributed by atoms with Crippen LogP contribution < -0.4 is 10.6 Å². The molecule has 28 heavy (non-hydrogen) atoms. The summed E-state index contributed by atoms with van der Waals surface area (Å²) >= 11 is 0. The first kappa shape index (κ1) is 20.9. The molecule has 1 amide bonds. The number of amides is 1. The van der Waals surface area contributed by atoms with E-state index in [1.54, 1.807) is 0 Å². The summed E-state index contributed by atoms with van der Waals surface area (Å²) in [5, 5.41) is 11.1. The first-order chi connectivity index (χ1) is 13.2. The molecule has 0 spiro atoms. The number of aryl methyl sites for hydroxylation is 1. The van der Waals surface area contributed by atoms with Gasteiger partial charge in [-0.05, 0) is 36.3 Å². The molecular formula is C22H31ClN4O. The molecule has 152 valence electrons. The first-order valence-electron chi connectivity index (χ1n) is 10.2. The highest BCUT2D eigenvalue weighted by molar-refractivity contribution is 5.85. The molecule has 1 aliphatic carbocycles. The summed E-state index contributed by atoms with van der Waals surface area (Å²) in [5.41, 5.74) is 2.53. The third-order valence-electron chi connectivity index (χ3n) is 6.28. The Bertz CT molecular complexity index is 763. The van der Waals surface area contributed by atoms with Crippen molar-refractivity contribution in [1.82, 2.24) is 20.4 Å². The Hall–Kier alpha value is -1.85. The molecule has 1 saturated heterocycles. The lowest BCUT2D eigenvalue weighted by Crippen LogP contribution is -2.46. The number of benzene rings is 1. The van der Waals surface area contributed by atoms with Gasteiger partial charge in [-0.3, -0.25) is 9.48 Å². The van der Waals surface area contributed by atoms with Gasteiger partial charge in [0, 0.05) is 38.3 Å². The van der Waals surface area contributed by atoms with Crippen molar-refractivity contribution in [3.63, 3.8) is 0 Å². The summed E-state index contributed by atoms with van der Waals surface area (Å²) in [7, 11) is 1.93. The van der Waals surface area contributed by atoms with Crippen LogP contribution in [0.5, 0.6) is 0 Å². The lowest BCUT2D eigenvalue weighted by molar-refractivity contribution is -0.126. The van der Waals surface area contributed by atoms with E-state index in [1.807, 2.05) is 24.1 Å². The van der Waals surface area contributed by atoms with Gasteiger partial charge in [0.15, 0.2) is 0 Å². The number of nitrogens with zero attached hydrogens (tertiary/aromatic N) is 2. The summed E-state index contributed by atoms with van der Waals surface area (Å²) in [5.74, 6) is 0.957. The monoisotopic (exact) mass is 402 g/mol. The van der Waals surface area contributed by atoms with Gasteiger partial charge in [0.05, 0.1) is 12.1 Å². The van der Waals surface area contributed by atoms with Crippen LogP contribution in [0.4, 0.5) is 0 Å². The van der Waals surface area contributed by atoms with E-state index in [2.05, 4.69) is 46.1 Å². The highest BCUT2D eigenvalue weighted by Crippen LogP contribution is 2.31. The molecule has 4 atom stereocenters. The molecule has 0 radical (unpaired) electrons. The number of hydrogen-bond donors (Lipinski definition) is 2. The number of nitrogens with one attached hydrogen (secondary N) is 2. The third-order valence-corrected chi connectivity index (χ3v) is 6.28. The first-order valence-corrected chi connectivity index (χ1v) is 10.2. The Morgan fingerprint density at radius 3 is 2.75 bits per heavy atom. The van der Waals surface area contributed by atoms with Crippen molar-refractivity contribution in [2.75, 3.05) is 13.1 Å². The van der Waals surface area contributed by atoms with Gasteiger partial charge in [-0.2, -0.15) is 5.10 Å². The molecule has 4 rings (SSSR count). The fraction of sp³-hybridized carbons (Fsp3) is 0.545. The lowest BCUT2D eigenvalue weighted by Gasteiger charge is -2.33. The second-order valence-corrected chi connectivity index (χ2v) is 8.17. The zero-order valence-corrected chi connectivity index (χ0v) is 17.3. The molecule has 6 heteroatoms. The summed E-state index contributed by atoms with van der Waals surface area (Å²) in [4.78, 5) is 13.1. The van der Waals surface area contributed by atoms with Gasteiger partial charge in [-0.1, -0.05) is 43.2 Å². The van der Waals surface area contributed by atoms with E-state index >= 15 is 0 Å².